The van der Waals surface area contributed by atoms with E-state index in [0.29, 0.717) is 23.9 Å². The molecule has 0 saturated carbocycles. The Morgan fingerprint density at radius 3 is 2.22 bits per heavy atom. The summed E-state index contributed by atoms with van der Waals surface area (Å²) in [6.07, 6.45) is 0.532. The molecule has 1 saturated heterocycles. The smallest absolute Gasteiger partial charge is 0.407 e. The summed E-state index contributed by atoms with van der Waals surface area (Å²) in [5.41, 5.74) is 3.64. The van der Waals surface area contributed by atoms with E-state index in [1.165, 1.54) is 32.4 Å². The zero-order valence-electron chi connectivity index (χ0n) is 30.6. The third kappa shape index (κ3) is 12.4. The summed E-state index contributed by atoms with van der Waals surface area (Å²) in [4.78, 5) is 50.8. The molecule has 292 valence electrons. The number of nitrogens with zero attached hydrogens (tertiary/aromatic N) is 1. The Morgan fingerprint density at radius 1 is 1.00 bits per heavy atom. The fourth-order valence-electron chi connectivity index (χ4n) is 5.89. The maximum Gasteiger partial charge on any atom is 0.407 e. The molecule has 4 rings (SSSR count). The van der Waals surface area contributed by atoms with Gasteiger partial charge in [-0.15, -0.1) is 0 Å². The van der Waals surface area contributed by atoms with Crippen LogP contribution in [0.1, 0.15) is 39.0 Å². The number of H-pyrrole nitrogens is 1. The van der Waals surface area contributed by atoms with Crippen molar-refractivity contribution in [1.82, 2.24) is 14.9 Å². The molecule has 2 aromatic carbocycles. The Bertz CT molecular complexity index is 1800. The molecule has 0 aliphatic carbocycles. The Kier molecular flexibility index (Phi) is 17.5. The van der Waals surface area contributed by atoms with Crippen molar-refractivity contribution in [2.75, 3.05) is 50.1 Å². The van der Waals surface area contributed by atoms with Crippen LogP contribution in [0.3, 0.4) is 0 Å². The van der Waals surface area contributed by atoms with Gasteiger partial charge in [-0.2, -0.15) is 0 Å². The number of aromatic amines is 1. The molecule has 1 aliphatic rings. The number of aromatic nitrogens is 2. The number of alkyl carbamates (subject to hydrolysis) is 1. The van der Waals surface area contributed by atoms with Crippen molar-refractivity contribution in [2.24, 2.45) is 5.73 Å². The van der Waals surface area contributed by atoms with Gasteiger partial charge < -0.3 is 34.4 Å². The first kappa shape index (κ1) is 43.4. The maximum absolute atomic E-state index is 13.1. The summed E-state index contributed by atoms with van der Waals surface area (Å²) < 4.78 is 31.1. The van der Waals surface area contributed by atoms with E-state index >= 15 is 0 Å². The van der Waals surface area contributed by atoms with E-state index < -0.39 is 50.2 Å². The molecule has 3 aromatic rings. The first-order valence-electron chi connectivity index (χ1n) is 17.1. The first-order valence-corrected chi connectivity index (χ1v) is 24.2. The molecule has 1 aliphatic heterocycles. The van der Waals surface area contributed by atoms with Crippen molar-refractivity contribution >= 4 is 74.1 Å². The van der Waals surface area contributed by atoms with E-state index in [4.69, 9.17) is 24.4 Å². The molecule has 54 heavy (non-hydrogen) atoms. The summed E-state index contributed by atoms with van der Waals surface area (Å²) in [5.74, 6) is 6.96. The first-order chi connectivity index (χ1) is 26.0. The molecule has 2 amide bonds. The average molecular weight is 835 g/mol. The van der Waals surface area contributed by atoms with Gasteiger partial charge >= 0.3 is 17.9 Å². The quantitative estimate of drug-likeness (QED) is 0.0545. The van der Waals surface area contributed by atoms with Gasteiger partial charge in [0.05, 0.1) is 19.3 Å². The number of amides is 2. The zero-order chi connectivity index (χ0) is 39.0. The Balaban J connectivity index is 1.44. The highest BCUT2D eigenvalue weighted by molar-refractivity contribution is 8.76. The average Bonchev–Trinajstić information content (AvgIpc) is 3.54. The van der Waals surface area contributed by atoms with Crippen LogP contribution in [-0.4, -0.2) is 92.3 Å². The monoisotopic (exact) mass is 834 g/mol. The maximum atomic E-state index is 13.1. The van der Waals surface area contributed by atoms with Gasteiger partial charge in [-0.05, 0) is 21.7 Å². The largest absolute Gasteiger partial charge is 0.449 e. The second-order valence-corrected chi connectivity index (χ2v) is 22.3. The number of ether oxygens (including phenoxy) is 4. The van der Waals surface area contributed by atoms with Crippen LogP contribution in [-0.2, 0) is 23.4 Å². The lowest BCUT2D eigenvalue weighted by Gasteiger charge is -2.43. The minimum atomic E-state index is -2.90. The van der Waals surface area contributed by atoms with Crippen LogP contribution < -0.4 is 32.7 Å². The van der Waals surface area contributed by atoms with Crippen molar-refractivity contribution < 1.29 is 33.0 Å². The lowest BCUT2D eigenvalue weighted by Crippen LogP contribution is -2.67. The molecule has 4 N–H and O–H groups in total. The Hall–Kier alpha value is -3.28. The number of carbonyl (C=O) groups excluding carboxylic acids is 2. The molecule has 0 radical (unpaired) electrons. The lowest BCUT2D eigenvalue weighted by atomic mass is 10.2. The van der Waals surface area contributed by atoms with Gasteiger partial charge in [-0.1, -0.05) is 136 Å². The second kappa shape index (κ2) is 21.7. The van der Waals surface area contributed by atoms with Crippen LogP contribution >= 0.6 is 43.2 Å². The van der Waals surface area contributed by atoms with Crippen LogP contribution in [0.4, 0.5) is 9.59 Å². The van der Waals surface area contributed by atoms with Gasteiger partial charge in [0.25, 0.3) is 13.9 Å². The van der Waals surface area contributed by atoms with Crippen LogP contribution in [0, 0.1) is 11.8 Å². The topological polar surface area (TPSA) is 173 Å². The van der Waals surface area contributed by atoms with Gasteiger partial charge in [-0.3, -0.25) is 14.3 Å². The predicted molar refractivity (Wildman–Crippen MR) is 221 cm³/mol. The third-order valence-electron chi connectivity index (χ3n) is 8.23. The fraction of sp³-hybridized carbons (Fsp3) is 0.444. The van der Waals surface area contributed by atoms with Crippen molar-refractivity contribution in [3.05, 3.63) is 93.3 Å². The number of hydrogen-bond acceptors (Lipinski definition) is 13. The zero-order valence-corrected chi connectivity index (χ0v) is 34.8. The number of primary amides is 1. The number of nitrogens with one attached hydrogen (secondary N) is 2. The number of rotatable bonds is 18. The van der Waals surface area contributed by atoms with E-state index in [-0.39, 0.29) is 37.0 Å². The van der Waals surface area contributed by atoms with Gasteiger partial charge in [0.15, 0.2) is 0 Å². The molecule has 13 nitrogen and oxygen atoms in total. The SMILES string of the molecule is CSSCO[C@H]1C[C@H](n2cc(C#CCNC(=O)OCCSSCCOC(N)=O)c(=O)[nH]c2=O)O[C@@H]1CO[Si](c1ccccc1)(c1ccccc1)C(C)(C)C. The predicted octanol–water partition coefficient (Wildman–Crippen LogP) is 4.31. The van der Waals surface area contributed by atoms with E-state index in [1.54, 1.807) is 21.6 Å². The van der Waals surface area contributed by atoms with Crippen molar-refractivity contribution in [1.29, 1.82) is 0 Å². The number of nitrogens with two attached hydrogens (primary N) is 1. The standard InChI is InChI=1S/C36H46N4O9S4Si/c1-36(2,3)54(27-13-7-5-8-14-27,28-15-9-6-10-16-28)48-24-30-29(47-25-53-50-4)22-31(49-30)40-23-26(32(41)39-34(40)43)12-11-17-38-35(44)46-19-21-52-51-20-18-45-33(37)42/h5-10,13-16,23,29-31H,17-22,24-25H2,1-4H3,(H2,37,42)(H,38,44)(H,39,41,43)/t29-,30+,31+/m0/s1. The molecular formula is C36H46N4O9S4Si. The number of benzene rings is 2. The Morgan fingerprint density at radius 2 is 1.63 bits per heavy atom. The minimum Gasteiger partial charge on any atom is -0.449 e. The lowest BCUT2D eigenvalue weighted by molar-refractivity contribution is -0.0522. The molecular weight excluding hydrogens is 789 g/mol. The summed E-state index contributed by atoms with van der Waals surface area (Å²) in [6, 6.07) is 20.6. The molecule has 1 fully saturated rings. The van der Waals surface area contributed by atoms with Crippen molar-refractivity contribution in [3.63, 3.8) is 0 Å². The summed E-state index contributed by atoms with van der Waals surface area (Å²) in [7, 11) is 3.16. The van der Waals surface area contributed by atoms with Gasteiger partial charge in [0, 0.05) is 24.1 Å². The summed E-state index contributed by atoms with van der Waals surface area (Å²) in [5, 5.41) is 4.53. The van der Waals surface area contributed by atoms with Crippen LogP contribution in [0.2, 0.25) is 5.04 Å². The van der Waals surface area contributed by atoms with E-state index in [1.807, 2.05) is 42.7 Å². The second-order valence-electron chi connectivity index (χ2n) is 12.8. The van der Waals surface area contributed by atoms with Gasteiger partial charge in [0.1, 0.15) is 37.0 Å². The fourth-order valence-corrected chi connectivity index (χ4v) is 12.9. The number of carbonyl (C=O) groups is 2. The molecule has 0 bridgehead atoms. The number of hydrogen-bond donors (Lipinski definition) is 3. The third-order valence-corrected chi connectivity index (χ3v) is 17.0. The molecule has 2 heterocycles. The van der Waals surface area contributed by atoms with Crippen molar-refractivity contribution in [2.45, 2.75) is 50.7 Å². The van der Waals surface area contributed by atoms with E-state index in [0.717, 1.165) is 10.4 Å². The van der Waals surface area contributed by atoms with Crippen molar-refractivity contribution in [3.8, 4) is 11.8 Å². The molecule has 0 unspecified atom stereocenters. The minimum absolute atomic E-state index is 0.0320. The van der Waals surface area contributed by atoms with E-state index in [2.05, 4.69) is 71.9 Å². The summed E-state index contributed by atoms with van der Waals surface area (Å²) in [6.45, 7) is 7.10. The van der Waals surface area contributed by atoms with Crippen LogP contribution in [0.15, 0.2) is 76.4 Å². The van der Waals surface area contributed by atoms with E-state index in [9.17, 15) is 19.2 Å². The van der Waals surface area contributed by atoms with Gasteiger partial charge in [0.2, 0.25) is 0 Å². The van der Waals surface area contributed by atoms with Crippen LogP contribution in [0.25, 0.3) is 0 Å². The molecule has 0 spiro atoms. The highest BCUT2D eigenvalue weighted by Gasteiger charge is 2.51. The molecule has 18 heteroatoms. The Labute approximate surface area is 331 Å². The highest BCUT2D eigenvalue weighted by atomic mass is 33.1. The normalized spacial score (nSPS) is 17.0. The van der Waals surface area contributed by atoms with Gasteiger partial charge in [-0.25, -0.2) is 14.4 Å². The highest BCUT2D eigenvalue weighted by Crippen LogP contribution is 2.38. The molecule has 3 atom stereocenters. The van der Waals surface area contributed by atoms with Crippen LogP contribution in [0.5, 0.6) is 0 Å². The molecule has 1 aromatic heterocycles. The summed E-state index contributed by atoms with van der Waals surface area (Å²) >= 11 is 0.